The molecule has 0 bridgehead atoms. The van der Waals surface area contributed by atoms with Gasteiger partial charge in [0, 0.05) is 38.8 Å². The summed E-state index contributed by atoms with van der Waals surface area (Å²) in [6.07, 6.45) is 3.16. The number of pyridine rings is 1. The van der Waals surface area contributed by atoms with Crippen molar-refractivity contribution in [2.45, 2.75) is 18.9 Å². The monoisotopic (exact) mass is 305 g/mol. The third-order valence-corrected chi connectivity index (χ3v) is 4.10. The maximum Gasteiger partial charge on any atom is 0.223 e. The van der Waals surface area contributed by atoms with Crippen LogP contribution in [0.25, 0.3) is 0 Å². The number of nitrogens with one attached hydrogen (secondary N) is 1. The van der Waals surface area contributed by atoms with Gasteiger partial charge in [0.2, 0.25) is 5.91 Å². The van der Waals surface area contributed by atoms with Crippen molar-refractivity contribution in [1.82, 2.24) is 15.2 Å². The Kier molecular flexibility index (Phi) is 5.37. The summed E-state index contributed by atoms with van der Waals surface area (Å²) in [6.45, 7) is 5.15. The molecule has 0 aliphatic carbocycles. The molecule has 1 atom stereocenters. The van der Waals surface area contributed by atoms with Crippen LogP contribution in [0.2, 0.25) is 0 Å². The van der Waals surface area contributed by atoms with Gasteiger partial charge in [-0.05, 0) is 18.1 Å². The molecule has 0 radical (unpaired) electrons. The zero-order valence-electron chi connectivity index (χ0n) is 12.8. The third-order valence-electron chi connectivity index (χ3n) is 4.10. The van der Waals surface area contributed by atoms with Crippen LogP contribution < -0.4 is 5.32 Å². The van der Waals surface area contributed by atoms with E-state index in [0.29, 0.717) is 32.7 Å². The minimum Gasteiger partial charge on any atom is -0.378 e. The quantitative estimate of drug-likeness (QED) is 0.879. The smallest absolute Gasteiger partial charge is 0.223 e. The first-order chi connectivity index (χ1) is 10.8. The number of carbonyl (C=O) groups excluding carboxylic acids is 1. The van der Waals surface area contributed by atoms with E-state index in [9.17, 15) is 4.79 Å². The molecule has 1 aromatic heterocycles. The largest absolute Gasteiger partial charge is 0.378 e. The lowest BCUT2D eigenvalue weighted by molar-refractivity contribution is -0.135. The fourth-order valence-electron chi connectivity index (χ4n) is 2.75. The van der Waals surface area contributed by atoms with Crippen LogP contribution in [0, 0.1) is 0 Å². The van der Waals surface area contributed by atoms with Crippen LogP contribution in [-0.4, -0.2) is 61.8 Å². The van der Waals surface area contributed by atoms with Crippen molar-refractivity contribution in [3.05, 3.63) is 29.6 Å². The van der Waals surface area contributed by atoms with Crippen LogP contribution in [0.1, 0.15) is 23.8 Å². The Labute approximate surface area is 130 Å². The van der Waals surface area contributed by atoms with Crippen molar-refractivity contribution < 1.29 is 14.3 Å². The Balaban J connectivity index is 1.49. The molecule has 1 N–H and O–H groups in total. The van der Waals surface area contributed by atoms with E-state index in [1.165, 1.54) is 0 Å². The molecule has 2 aliphatic rings. The van der Waals surface area contributed by atoms with E-state index in [-0.39, 0.29) is 12.0 Å². The van der Waals surface area contributed by atoms with Gasteiger partial charge in [0.05, 0.1) is 25.5 Å². The SMILES string of the molecule is O=C(CCc1ccc(C2CNCCO2)nc1)N1CCOCC1. The molecule has 1 aromatic rings. The molecule has 120 valence electrons. The van der Waals surface area contributed by atoms with Crippen molar-refractivity contribution >= 4 is 5.91 Å². The number of aromatic nitrogens is 1. The Bertz CT molecular complexity index is 480. The molecule has 3 heterocycles. The Morgan fingerprint density at radius 1 is 1.32 bits per heavy atom. The number of hydrogen-bond donors (Lipinski definition) is 1. The van der Waals surface area contributed by atoms with Gasteiger partial charge in [0.15, 0.2) is 0 Å². The number of rotatable bonds is 4. The van der Waals surface area contributed by atoms with Crippen LogP contribution in [0.15, 0.2) is 18.3 Å². The highest BCUT2D eigenvalue weighted by Gasteiger charge is 2.18. The lowest BCUT2D eigenvalue weighted by Crippen LogP contribution is -2.40. The summed E-state index contributed by atoms with van der Waals surface area (Å²) in [5.74, 6) is 0.201. The summed E-state index contributed by atoms with van der Waals surface area (Å²) < 4.78 is 10.9. The standard InChI is InChI=1S/C16H23N3O3/c20-16(19-6-9-21-10-7-19)4-2-13-1-3-14(18-11-13)15-12-17-5-8-22-15/h1,3,11,15,17H,2,4-10,12H2. The lowest BCUT2D eigenvalue weighted by atomic mass is 10.1. The summed E-state index contributed by atoms with van der Waals surface area (Å²) in [5, 5.41) is 3.30. The summed E-state index contributed by atoms with van der Waals surface area (Å²) in [4.78, 5) is 18.5. The predicted octanol–water partition coefficient (Wildman–Crippen LogP) is 0.534. The Morgan fingerprint density at radius 2 is 2.18 bits per heavy atom. The van der Waals surface area contributed by atoms with Crippen molar-refractivity contribution in [1.29, 1.82) is 0 Å². The van der Waals surface area contributed by atoms with Crippen molar-refractivity contribution in [2.24, 2.45) is 0 Å². The van der Waals surface area contributed by atoms with Gasteiger partial charge in [-0.25, -0.2) is 0 Å². The van der Waals surface area contributed by atoms with E-state index < -0.39 is 0 Å². The molecule has 0 saturated carbocycles. The van der Waals surface area contributed by atoms with Gasteiger partial charge in [-0.15, -0.1) is 0 Å². The van der Waals surface area contributed by atoms with Crippen LogP contribution in [0.5, 0.6) is 0 Å². The van der Waals surface area contributed by atoms with E-state index in [2.05, 4.69) is 10.3 Å². The van der Waals surface area contributed by atoms with Crippen LogP contribution in [0.4, 0.5) is 0 Å². The Morgan fingerprint density at radius 3 is 2.86 bits per heavy atom. The van der Waals surface area contributed by atoms with Gasteiger partial charge in [0.25, 0.3) is 0 Å². The van der Waals surface area contributed by atoms with Gasteiger partial charge >= 0.3 is 0 Å². The molecule has 1 amide bonds. The molecule has 2 saturated heterocycles. The molecule has 22 heavy (non-hydrogen) atoms. The topological polar surface area (TPSA) is 63.7 Å². The molecule has 2 fully saturated rings. The van der Waals surface area contributed by atoms with E-state index in [0.717, 1.165) is 37.4 Å². The van der Waals surface area contributed by atoms with Gasteiger partial charge in [-0.3, -0.25) is 9.78 Å². The highest BCUT2D eigenvalue weighted by molar-refractivity contribution is 5.76. The molecular formula is C16H23N3O3. The average Bonchev–Trinajstić information content (AvgIpc) is 2.61. The number of nitrogens with zero attached hydrogens (tertiary/aromatic N) is 2. The maximum atomic E-state index is 12.1. The van der Waals surface area contributed by atoms with Crippen LogP contribution in [0.3, 0.4) is 0 Å². The highest BCUT2D eigenvalue weighted by Crippen LogP contribution is 2.17. The van der Waals surface area contributed by atoms with Crippen molar-refractivity contribution in [3.8, 4) is 0 Å². The van der Waals surface area contributed by atoms with Gasteiger partial charge in [0.1, 0.15) is 6.10 Å². The van der Waals surface area contributed by atoms with Gasteiger partial charge < -0.3 is 19.7 Å². The molecule has 6 heteroatoms. The first kappa shape index (κ1) is 15.4. The zero-order chi connectivity index (χ0) is 15.2. The minimum atomic E-state index is 0.0396. The van der Waals surface area contributed by atoms with Crippen LogP contribution >= 0.6 is 0 Å². The first-order valence-corrected chi connectivity index (χ1v) is 7.95. The third kappa shape index (κ3) is 4.03. The summed E-state index contributed by atoms with van der Waals surface area (Å²) in [6, 6.07) is 4.05. The number of aryl methyl sites for hydroxylation is 1. The fraction of sp³-hybridized carbons (Fsp3) is 0.625. The number of amides is 1. The number of hydrogen-bond acceptors (Lipinski definition) is 5. The maximum absolute atomic E-state index is 12.1. The molecular weight excluding hydrogens is 282 g/mol. The first-order valence-electron chi connectivity index (χ1n) is 7.95. The van der Waals surface area contributed by atoms with Gasteiger partial charge in [-0.2, -0.15) is 0 Å². The number of morpholine rings is 2. The summed E-state index contributed by atoms with van der Waals surface area (Å²) in [7, 11) is 0. The second kappa shape index (κ2) is 7.67. The second-order valence-electron chi connectivity index (χ2n) is 5.65. The van der Waals surface area contributed by atoms with Crippen molar-refractivity contribution in [2.75, 3.05) is 46.0 Å². The number of ether oxygens (including phenoxy) is 2. The molecule has 3 rings (SSSR count). The highest BCUT2D eigenvalue weighted by atomic mass is 16.5. The molecule has 2 aliphatic heterocycles. The second-order valence-corrected chi connectivity index (χ2v) is 5.65. The van der Waals surface area contributed by atoms with Crippen molar-refractivity contribution in [3.63, 3.8) is 0 Å². The molecule has 0 aromatic carbocycles. The zero-order valence-corrected chi connectivity index (χ0v) is 12.8. The normalized spacial score (nSPS) is 22.5. The lowest BCUT2D eigenvalue weighted by Gasteiger charge is -2.26. The Hall–Kier alpha value is -1.50. The van der Waals surface area contributed by atoms with Gasteiger partial charge in [-0.1, -0.05) is 6.07 Å². The fourth-order valence-corrected chi connectivity index (χ4v) is 2.75. The minimum absolute atomic E-state index is 0.0396. The molecule has 0 spiro atoms. The van der Waals surface area contributed by atoms with E-state index in [1.807, 2.05) is 23.2 Å². The summed E-state index contributed by atoms with van der Waals surface area (Å²) >= 11 is 0. The van der Waals surface area contributed by atoms with Crippen LogP contribution in [-0.2, 0) is 20.7 Å². The molecule has 1 unspecified atom stereocenters. The summed E-state index contributed by atoms with van der Waals surface area (Å²) in [5.41, 5.74) is 2.05. The molecule has 6 nitrogen and oxygen atoms in total. The van der Waals surface area contributed by atoms with E-state index in [4.69, 9.17) is 9.47 Å². The van der Waals surface area contributed by atoms with E-state index >= 15 is 0 Å². The van der Waals surface area contributed by atoms with E-state index in [1.54, 1.807) is 0 Å². The number of carbonyl (C=O) groups is 1. The predicted molar refractivity (Wildman–Crippen MR) is 81.5 cm³/mol. The average molecular weight is 305 g/mol.